The Bertz CT molecular complexity index is 981. The Hall–Kier alpha value is -3.27. The maximum absolute atomic E-state index is 12.3. The SMILES string of the molecule is CCOc1ccc(C(=O)NCCc2ccc(N3CCc4ccccc4C3)cc2)cc1. The van der Waals surface area contributed by atoms with Crippen LogP contribution in [0.5, 0.6) is 5.75 Å². The van der Waals surface area contributed by atoms with E-state index in [0.717, 1.165) is 31.7 Å². The van der Waals surface area contributed by atoms with E-state index in [4.69, 9.17) is 4.74 Å². The van der Waals surface area contributed by atoms with Crippen molar-refractivity contribution in [2.75, 3.05) is 24.6 Å². The first kappa shape index (κ1) is 20.0. The predicted octanol–water partition coefficient (Wildman–Crippen LogP) is 4.62. The molecule has 0 aromatic heterocycles. The summed E-state index contributed by atoms with van der Waals surface area (Å²) in [6.07, 6.45) is 1.90. The minimum absolute atomic E-state index is 0.0540. The van der Waals surface area contributed by atoms with E-state index in [9.17, 15) is 4.79 Å². The summed E-state index contributed by atoms with van der Waals surface area (Å²) < 4.78 is 5.42. The molecule has 0 saturated heterocycles. The Morgan fingerprint density at radius 3 is 2.43 bits per heavy atom. The van der Waals surface area contributed by atoms with Crippen LogP contribution in [0.2, 0.25) is 0 Å². The van der Waals surface area contributed by atoms with Gasteiger partial charge in [-0.15, -0.1) is 0 Å². The van der Waals surface area contributed by atoms with Crippen molar-refractivity contribution < 1.29 is 9.53 Å². The van der Waals surface area contributed by atoms with Crippen LogP contribution in [0.15, 0.2) is 72.8 Å². The van der Waals surface area contributed by atoms with Crippen LogP contribution in [0.25, 0.3) is 0 Å². The van der Waals surface area contributed by atoms with Gasteiger partial charge in [-0.2, -0.15) is 0 Å². The second-order valence-electron chi connectivity index (χ2n) is 7.57. The van der Waals surface area contributed by atoms with Gasteiger partial charge >= 0.3 is 0 Å². The highest BCUT2D eigenvalue weighted by molar-refractivity contribution is 5.94. The standard InChI is InChI=1S/C26H28N2O2/c1-2-30-25-13-9-22(10-14-25)26(29)27-17-15-20-7-11-24(12-8-20)28-18-16-21-5-3-4-6-23(21)19-28/h3-14H,2,15-19H2,1H3,(H,27,29). The molecule has 0 radical (unpaired) electrons. The Labute approximate surface area is 178 Å². The van der Waals surface area contributed by atoms with E-state index in [1.165, 1.54) is 22.4 Å². The lowest BCUT2D eigenvalue weighted by molar-refractivity contribution is 0.0954. The van der Waals surface area contributed by atoms with Gasteiger partial charge in [-0.25, -0.2) is 0 Å². The molecule has 3 aromatic rings. The predicted molar refractivity (Wildman–Crippen MR) is 121 cm³/mol. The topological polar surface area (TPSA) is 41.6 Å². The van der Waals surface area contributed by atoms with Gasteiger partial charge in [-0.3, -0.25) is 4.79 Å². The minimum atomic E-state index is -0.0540. The highest BCUT2D eigenvalue weighted by atomic mass is 16.5. The van der Waals surface area contributed by atoms with E-state index in [1.807, 2.05) is 19.1 Å². The van der Waals surface area contributed by atoms with Crippen molar-refractivity contribution in [3.8, 4) is 5.75 Å². The Kier molecular flexibility index (Phi) is 6.33. The fourth-order valence-electron chi connectivity index (χ4n) is 3.88. The van der Waals surface area contributed by atoms with Gasteiger partial charge in [0.25, 0.3) is 5.91 Å². The fraction of sp³-hybridized carbons (Fsp3) is 0.269. The summed E-state index contributed by atoms with van der Waals surface area (Å²) in [4.78, 5) is 14.7. The summed E-state index contributed by atoms with van der Waals surface area (Å²) >= 11 is 0. The van der Waals surface area contributed by atoms with Gasteiger partial charge < -0.3 is 15.0 Å². The molecule has 4 rings (SSSR count). The molecule has 0 spiro atoms. The Morgan fingerprint density at radius 1 is 0.967 bits per heavy atom. The molecular weight excluding hydrogens is 372 g/mol. The van der Waals surface area contributed by atoms with Crippen LogP contribution in [0, 0.1) is 0 Å². The maximum Gasteiger partial charge on any atom is 0.251 e. The number of anilines is 1. The molecule has 1 heterocycles. The van der Waals surface area contributed by atoms with Crippen LogP contribution in [0.1, 0.15) is 34.0 Å². The van der Waals surface area contributed by atoms with Gasteiger partial charge in [0.15, 0.2) is 0 Å². The molecule has 0 bridgehead atoms. The van der Waals surface area contributed by atoms with Gasteiger partial charge in [0, 0.05) is 30.9 Å². The average Bonchev–Trinajstić information content (AvgIpc) is 2.80. The number of rotatable bonds is 7. The summed E-state index contributed by atoms with van der Waals surface area (Å²) in [6.45, 7) is 5.19. The molecule has 4 nitrogen and oxygen atoms in total. The fourth-order valence-corrected chi connectivity index (χ4v) is 3.88. The molecular formula is C26H28N2O2. The molecule has 1 amide bonds. The number of benzene rings is 3. The zero-order valence-electron chi connectivity index (χ0n) is 17.4. The van der Waals surface area contributed by atoms with Gasteiger partial charge in [-0.1, -0.05) is 36.4 Å². The lowest BCUT2D eigenvalue weighted by atomic mass is 9.99. The smallest absolute Gasteiger partial charge is 0.251 e. The number of carbonyl (C=O) groups is 1. The number of ether oxygens (including phenoxy) is 1. The lowest BCUT2D eigenvalue weighted by Crippen LogP contribution is -2.30. The van der Waals surface area contributed by atoms with Crippen LogP contribution in [0.3, 0.4) is 0 Å². The van der Waals surface area contributed by atoms with Crippen LogP contribution in [0.4, 0.5) is 5.69 Å². The number of nitrogens with zero attached hydrogens (tertiary/aromatic N) is 1. The van der Waals surface area contributed by atoms with Crippen molar-refractivity contribution >= 4 is 11.6 Å². The molecule has 0 unspecified atom stereocenters. The lowest BCUT2D eigenvalue weighted by Gasteiger charge is -2.30. The molecule has 3 aromatic carbocycles. The van der Waals surface area contributed by atoms with E-state index in [1.54, 1.807) is 12.1 Å². The second-order valence-corrected chi connectivity index (χ2v) is 7.57. The third-order valence-electron chi connectivity index (χ3n) is 5.56. The molecule has 154 valence electrons. The van der Waals surface area contributed by atoms with E-state index < -0.39 is 0 Å². The molecule has 1 N–H and O–H groups in total. The maximum atomic E-state index is 12.3. The highest BCUT2D eigenvalue weighted by Gasteiger charge is 2.15. The first-order valence-corrected chi connectivity index (χ1v) is 10.6. The number of amides is 1. The van der Waals surface area contributed by atoms with E-state index in [2.05, 4.69) is 58.7 Å². The summed E-state index contributed by atoms with van der Waals surface area (Å²) in [5.41, 5.74) is 6.02. The number of hydrogen-bond acceptors (Lipinski definition) is 3. The molecule has 0 saturated carbocycles. The zero-order chi connectivity index (χ0) is 20.8. The first-order valence-electron chi connectivity index (χ1n) is 10.6. The van der Waals surface area contributed by atoms with E-state index in [0.29, 0.717) is 18.7 Å². The highest BCUT2D eigenvalue weighted by Crippen LogP contribution is 2.24. The van der Waals surface area contributed by atoms with Crippen LogP contribution >= 0.6 is 0 Å². The molecule has 30 heavy (non-hydrogen) atoms. The minimum Gasteiger partial charge on any atom is -0.494 e. The van der Waals surface area contributed by atoms with Crippen molar-refractivity contribution in [3.63, 3.8) is 0 Å². The molecule has 0 atom stereocenters. The van der Waals surface area contributed by atoms with E-state index >= 15 is 0 Å². The number of fused-ring (bicyclic) bond motifs is 1. The summed E-state index contributed by atoms with van der Waals surface area (Å²) in [7, 11) is 0. The second kappa shape index (κ2) is 9.49. The normalized spacial score (nSPS) is 12.9. The van der Waals surface area contributed by atoms with Crippen LogP contribution in [-0.4, -0.2) is 25.6 Å². The quantitative estimate of drug-likeness (QED) is 0.629. The zero-order valence-corrected chi connectivity index (χ0v) is 17.4. The molecule has 1 aliphatic heterocycles. The Morgan fingerprint density at radius 2 is 1.70 bits per heavy atom. The van der Waals surface area contributed by atoms with E-state index in [-0.39, 0.29) is 5.91 Å². The molecule has 1 aliphatic rings. The number of carbonyl (C=O) groups excluding carboxylic acids is 1. The van der Waals surface area contributed by atoms with Crippen molar-refractivity contribution in [2.45, 2.75) is 26.3 Å². The Balaban J connectivity index is 1.27. The van der Waals surface area contributed by atoms with Gasteiger partial charge in [0.05, 0.1) is 6.61 Å². The van der Waals surface area contributed by atoms with Gasteiger partial charge in [-0.05, 0) is 72.9 Å². The van der Waals surface area contributed by atoms with Crippen molar-refractivity contribution in [1.29, 1.82) is 0 Å². The summed E-state index contributed by atoms with van der Waals surface area (Å²) in [6, 6.07) is 24.7. The number of hydrogen-bond donors (Lipinski definition) is 1. The van der Waals surface area contributed by atoms with Crippen LogP contribution in [-0.2, 0) is 19.4 Å². The van der Waals surface area contributed by atoms with Gasteiger partial charge in [0.1, 0.15) is 5.75 Å². The third kappa shape index (κ3) is 4.82. The molecule has 4 heteroatoms. The van der Waals surface area contributed by atoms with Crippen molar-refractivity contribution in [1.82, 2.24) is 5.32 Å². The summed E-state index contributed by atoms with van der Waals surface area (Å²) in [5.74, 6) is 0.730. The monoisotopic (exact) mass is 400 g/mol. The van der Waals surface area contributed by atoms with Gasteiger partial charge in [0.2, 0.25) is 0 Å². The number of nitrogens with one attached hydrogen (secondary N) is 1. The summed E-state index contributed by atoms with van der Waals surface area (Å²) in [5, 5.41) is 3.00. The molecule has 0 fully saturated rings. The van der Waals surface area contributed by atoms with Crippen LogP contribution < -0.4 is 15.0 Å². The average molecular weight is 401 g/mol. The largest absolute Gasteiger partial charge is 0.494 e. The third-order valence-corrected chi connectivity index (χ3v) is 5.56. The molecule has 0 aliphatic carbocycles. The first-order chi connectivity index (χ1) is 14.7. The van der Waals surface area contributed by atoms with Crippen molar-refractivity contribution in [3.05, 3.63) is 95.1 Å². The van der Waals surface area contributed by atoms with Crippen molar-refractivity contribution in [2.24, 2.45) is 0 Å².